The first kappa shape index (κ1) is 11.0. The Morgan fingerprint density at radius 2 is 2.11 bits per heavy atom. The molecule has 3 rings (SSSR count). The molecule has 0 amide bonds. The topological polar surface area (TPSA) is 50.8 Å². The zero-order valence-electron chi connectivity index (χ0n) is 9.64. The van der Waals surface area contributed by atoms with E-state index in [4.69, 9.17) is 16.3 Å². The van der Waals surface area contributed by atoms with E-state index in [0.717, 1.165) is 21.6 Å². The molecule has 0 unspecified atom stereocenters. The van der Waals surface area contributed by atoms with Crippen LogP contribution in [0.5, 0.6) is 11.6 Å². The highest BCUT2D eigenvalue weighted by Gasteiger charge is 2.07. The van der Waals surface area contributed by atoms with Crippen LogP contribution < -0.4 is 4.74 Å². The van der Waals surface area contributed by atoms with Gasteiger partial charge in [0.25, 0.3) is 0 Å². The van der Waals surface area contributed by atoms with Crippen LogP contribution in [0.4, 0.5) is 0 Å². The maximum Gasteiger partial charge on any atom is 0.231 e. The van der Waals surface area contributed by atoms with Gasteiger partial charge in [0, 0.05) is 11.2 Å². The molecule has 18 heavy (non-hydrogen) atoms. The van der Waals surface area contributed by atoms with Crippen molar-refractivity contribution in [3.05, 3.63) is 47.4 Å². The second-order valence-electron chi connectivity index (χ2n) is 3.93. The Kier molecular flexibility index (Phi) is 2.64. The van der Waals surface area contributed by atoms with E-state index in [1.807, 2.05) is 31.2 Å². The lowest BCUT2D eigenvalue weighted by molar-refractivity contribution is 0.468. The molecule has 0 aliphatic heterocycles. The number of fused-ring (bicyclic) bond motifs is 1. The summed E-state index contributed by atoms with van der Waals surface area (Å²) in [4.78, 5) is 11.3. The lowest BCUT2D eigenvalue weighted by atomic mass is 10.2. The van der Waals surface area contributed by atoms with Crippen LogP contribution in [0.15, 0.2) is 36.8 Å². The largest absolute Gasteiger partial charge is 0.438 e. The highest BCUT2D eigenvalue weighted by molar-refractivity contribution is 6.31. The standard InChI is InChI=1S/C13H10ClN3O/c1-8-6-9(2-3-11(8)14)18-13-10-4-5-15-12(10)16-7-17-13/h2-7H,1H3,(H,15,16,17). The fourth-order valence-electron chi connectivity index (χ4n) is 1.72. The van der Waals surface area contributed by atoms with Crippen molar-refractivity contribution >= 4 is 22.6 Å². The van der Waals surface area contributed by atoms with Gasteiger partial charge < -0.3 is 9.72 Å². The van der Waals surface area contributed by atoms with Crippen molar-refractivity contribution in [1.82, 2.24) is 15.0 Å². The van der Waals surface area contributed by atoms with Gasteiger partial charge in [0.15, 0.2) is 0 Å². The number of nitrogens with zero attached hydrogens (tertiary/aromatic N) is 2. The Labute approximate surface area is 109 Å². The highest BCUT2D eigenvalue weighted by Crippen LogP contribution is 2.28. The molecule has 90 valence electrons. The van der Waals surface area contributed by atoms with E-state index < -0.39 is 0 Å². The van der Waals surface area contributed by atoms with Gasteiger partial charge in [-0.1, -0.05) is 11.6 Å². The van der Waals surface area contributed by atoms with Gasteiger partial charge in [0.2, 0.25) is 5.88 Å². The summed E-state index contributed by atoms with van der Waals surface area (Å²) in [5, 5.41) is 1.57. The second kappa shape index (κ2) is 4.31. The maximum atomic E-state index is 5.98. The number of benzene rings is 1. The van der Waals surface area contributed by atoms with Crippen LogP contribution in [0.25, 0.3) is 11.0 Å². The third kappa shape index (κ3) is 1.91. The zero-order valence-corrected chi connectivity index (χ0v) is 10.4. The molecule has 1 N–H and O–H groups in total. The average Bonchev–Trinajstić information content (AvgIpc) is 2.83. The molecular formula is C13H10ClN3O. The summed E-state index contributed by atoms with van der Waals surface area (Å²) in [6.45, 7) is 1.93. The van der Waals surface area contributed by atoms with Crippen molar-refractivity contribution in [2.75, 3.05) is 0 Å². The van der Waals surface area contributed by atoms with Crippen molar-refractivity contribution in [2.24, 2.45) is 0 Å². The Balaban J connectivity index is 2.01. The van der Waals surface area contributed by atoms with Crippen molar-refractivity contribution in [2.45, 2.75) is 6.92 Å². The number of hydrogen-bond donors (Lipinski definition) is 1. The number of hydrogen-bond acceptors (Lipinski definition) is 3. The van der Waals surface area contributed by atoms with Crippen LogP contribution >= 0.6 is 11.6 Å². The quantitative estimate of drug-likeness (QED) is 0.763. The lowest BCUT2D eigenvalue weighted by Crippen LogP contribution is -1.90. The molecule has 0 radical (unpaired) electrons. The summed E-state index contributed by atoms with van der Waals surface area (Å²) in [5.74, 6) is 1.24. The average molecular weight is 260 g/mol. The van der Waals surface area contributed by atoms with Gasteiger partial charge >= 0.3 is 0 Å². The number of ether oxygens (including phenoxy) is 1. The predicted octanol–water partition coefficient (Wildman–Crippen LogP) is 3.71. The number of aromatic nitrogens is 3. The van der Waals surface area contributed by atoms with Gasteiger partial charge in [-0.15, -0.1) is 0 Å². The molecule has 3 aromatic rings. The monoisotopic (exact) mass is 259 g/mol. The van der Waals surface area contributed by atoms with E-state index in [0.29, 0.717) is 11.6 Å². The van der Waals surface area contributed by atoms with Gasteiger partial charge in [0.1, 0.15) is 17.7 Å². The fourth-order valence-corrected chi connectivity index (χ4v) is 1.84. The number of nitrogens with one attached hydrogen (secondary N) is 1. The molecular weight excluding hydrogens is 250 g/mol. The molecule has 0 spiro atoms. The van der Waals surface area contributed by atoms with E-state index in [2.05, 4.69) is 15.0 Å². The van der Waals surface area contributed by atoms with Crippen molar-refractivity contribution in [1.29, 1.82) is 0 Å². The van der Waals surface area contributed by atoms with Crippen molar-refractivity contribution in [3.8, 4) is 11.6 Å². The summed E-state index contributed by atoms with van der Waals surface area (Å²) >= 11 is 5.98. The SMILES string of the molecule is Cc1cc(Oc2ncnc3[nH]ccc23)ccc1Cl. The molecule has 0 bridgehead atoms. The molecule has 1 aromatic carbocycles. The molecule has 0 atom stereocenters. The second-order valence-corrected chi connectivity index (χ2v) is 4.34. The van der Waals surface area contributed by atoms with E-state index in [1.54, 1.807) is 6.20 Å². The van der Waals surface area contributed by atoms with Crippen LogP contribution in [-0.4, -0.2) is 15.0 Å². The number of aryl methyl sites for hydroxylation is 1. The van der Waals surface area contributed by atoms with E-state index in [1.165, 1.54) is 6.33 Å². The minimum Gasteiger partial charge on any atom is -0.438 e. The highest BCUT2D eigenvalue weighted by atomic mass is 35.5. The van der Waals surface area contributed by atoms with E-state index >= 15 is 0 Å². The lowest BCUT2D eigenvalue weighted by Gasteiger charge is -2.06. The first-order chi connectivity index (χ1) is 8.74. The molecule has 0 aliphatic rings. The van der Waals surface area contributed by atoms with Crippen LogP contribution in [0, 0.1) is 6.92 Å². The van der Waals surface area contributed by atoms with Crippen LogP contribution in [0.2, 0.25) is 5.02 Å². The van der Waals surface area contributed by atoms with Gasteiger partial charge in [-0.3, -0.25) is 0 Å². The first-order valence-electron chi connectivity index (χ1n) is 5.46. The van der Waals surface area contributed by atoms with E-state index in [9.17, 15) is 0 Å². The van der Waals surface area contributed by atoms with Crippen LogP contribution in [0.1, 0.15) is 5.56 Å². The van der Waals surface area contributed by atoms with Gasteiger partial charge in [0.05, 0.1) is 5.39 Å². The molecule has 0 saturated carbocycles. The molecule has 2 heterocycles. The number of halogens is 1. The summed E-state index contributed by atoms with van der Waals surface area (Å²) < 4.78 is 5.76. The molecule has 0 fully saturated rings. The molecule has 4 nitrogen and oxygen atoms in total. The Bertz CT molecular complexity index is 708. The Hall–Kier alpha value is -2.07. The van der Waals surface area contributed by atoms with Gasteiger partial charge in [-0.05, 0) is 36.8 Å². The number of H-pyrrole nitrogens is 1. The minimum absolute atomic E-state index is 0.531. The van der Waals surface area contributed by atoms with Crippen molar-refractivity contribution < 1.29 is 4.74 Å². The first-order valence-corrected chi connectivity index (χ1v) is 5.84. The smallest absolute Gasteiger partial charge is 0.231 e. The predicted molar refractivity (Wildman–Crippen MR) is 70.2 cm³/mol. The maximum absolute atomic E-state index is 5.98. The normalized spacial score (nSPS) is 10.8. The minimum atomic E-state index is 0.531. The molecule has 0 saturated heterocycles. The zero-order chi connectivity index (χ0) is 12.5. The van der Waals surface area contributed by atoms with Crippen LogP contribution in [0.3, 0.4) is 0 Å². The molecule has 0 aliphatic carbocycles. The number of rotatable bonds is 2. The third-order valence-corrected chi connectivity index (χ3v) is 3.09. The van der Waals surface area contributed by atoms with E-state index in [-0.39, 0.29) is 0 Å². The fraction of sp³-hybridized carbons (Fsp3) is 0.0769. The van der Waals surface area contributed by atoms with Gasteiger partial charge in [-0.2, -0.15) is 0 Å². The van der Waals surface area contributed by atoms with Crippen molar-refractivity contribution in [3.63, 3.8) is 0 Å². The summed E-state index contributed by atoms with van der Waals surface area (Å²) in [6.07, 6.45) is 3.27. The summed E-state index contributed by atoms with van der Waals surface area (Å²) in [5.41, 5.74) is 1.72. The number of aromatic amines is 1. The Morgan fingerprint density at radius 1 is 1.22 bits per heavy atom. The summed E-state index contributed by atoms with van der Waals surface area (Å²) in [7, 11) is 0. The third-order valence-electron chi connectivity index (χ3n) is 2.66. The Morgan fingerprint density at radius 3 is 2.94 bits per heavy atom. The summed E-state index contributed by atoms with van der Waals surface area (Å²) in [6, 6.07) is 7.38. The van der Waals surface area contributed by atoms with Crippen LogP contribution in [-0.2, 0) is 0 Å². The van der Waals surface area contributed by atoms with Gasteiger partial charge in [-0.25, -0.2) is 9.97 Å². The molecule has 5 heteroatoms. The molecule has 2 aromatic heterocycles.